The summed E-state index contributed by atoms with van der Waals surface area (Å²) in [6.45, 7) is 12.3. The van der Waals surface area contributed by atoms with E-state index in [-0.39, 0.29) is 5.04 Å². The average Bonchev–Trinajstić information content (AvgIpc) is 2.01. The molecule has 1 amide bonds. The van der Waals surface area contributed by atoms with Gasteiger partial charge in [0.25, 0.3) is 0 Å². The van der Waals surface area contributed by atoms with Gasteiger partial charge in [0.1, 0.15) is 0 Å². The van der Waals surface area contributed by atoms with Crippen molar-refractivity contribution in [2.24, 2.45) is 0 Å². The number of hydrogen-bond donors (Lipinski definition) is 0. The van der Waals surface area contributed by atoms with Crippen molar-refractivity contribution < 1.29 is 9.22 Å². The third-order valence-corrected chi connectivity index (χ3v) is 7.39. The fourth-order valence-corrected chi connectivity index (χ4v) is 1.73. The standard InChI is InChI=1S/C10H22NO2Si/c1-10(2,3)14(5,6)13-8-7-11(4)9-12/h7-8H2,1-6H3. The average molecular weight is 216 g/mol. The molecule has 0 saturated carbocycles. The van der Waals surface area contributed by atoms with Crippen LogP contribution in [-0.4, -0.2) is 39.8 Å². The molecule has 0 rings (SSSR count). The lowest BCUT2D eigenvalue weighted by Gasteiger charge is -2.36. The normalized spacial score (nSPS) is 12.7. The van der Waals surface area contributed by atoms with E-state index in [1.54, 1.807) is 7.05 Å². The molecule has 0 unspecified atom stereocenters. The van der Waals surface area contributed by atoms with Crippen LogP contribution in [0.15, 0.2) is 0 Å². The Morgan fingerprint density at radius 3 is 2.21 bits per heavy atom. The maximum absolute atomic E-state index is 10.2. The fourth-order valence-electron chi connectivity index (χ4n) is 0.700. The molecule has 0 aliphatic heterocycles. The first-order chi connectivity index (χ1) is 6.20. The van der Waals surface area contributed by atoms with Crippen LogP contribution in [0, 0.1) is 0 Å². The number of carbonyl (C=O) groups excluding carboxylic acids is 1. The van der Waals surface area contributed by atoms with E-state index in [2.05, 4.69) is 33.9 Å². The van der Waals surface area contributed by atoms with Gasteiger partial charge in [-0.05, 0) is 18.1 Å². The van der Waals surface area contributed by atoms with Crippen LogP contribution < -0.4 is 0 Å². The molecule has 0 fully saturated rings. The fraction of sp³-hybridized carbons (Fsp3) is 0.900. The summed E-state index contributed by atoms with van der Waals surface area (Å²) >= 11 is 0. The highest BCUT2D eigenvalue weighted by Crippen LogP contribution is 2.36. The predicted molar refractivity (Wildman–Crippen MR) is 61.5 cm³/mol. The summed E-state index contributed by atoms with van der Waals surface area (Å²) in [6, 6.07) is 0. The van der Waals surface area contributed by atoms with Crippen LogP contribution in [0.1, 0.15) is 20.8 Å². The molecule has 0 aliphatic carbocycles. The molecule has 0 heterocycles. The van der Waals surface area contributed by atoms with Crippen molar-refractivity contribution in [1.29, 1.82) is 0 Å². The summed E-state index contributed by atoms with van der Waals surface area (Å²) in [7, 11) is 0.0693. The highest BCUT2D eigenvalue weighted by atomic mass is 28.4. The molecule has 3 nitrogen and oxygen atoms in total. The molecule has 14 heavy (non-hydrogen) atoms. The maximum Gasteiger partial charge on any atom is 0.311 e. The molecule has 0 bridgehead atoms. The first kappa shape index (κ1) is 13.6. The van der Waals surface area contributed by atoms with Crippen molar-refractivity contribution in [3.8, 4) is 0 Å². The summed E-state index contributed by atoms with van der Waals surface area (Å²) in [5.41, 5.74) is 0. The quantitative estimate of drug-likeness (QED) is 0.520. The molecular weight excluding hydrogens is 194 g/mol. The van der Waals surface area contributed by atoms with E-state index < -0.39 is 8.32 Å². The molecule has 0 aliphatic rings. The molecular formula is C10H22NO2Si. The number of rotatable bonds is 5. The zero-order valence-corrected chi connectivity index (χ0v) is 11.2. The SMILES string of the molecule is CN([C]=O)CCO[Si](C)(C)C(C)(C)C. The number of nitrogens with zero attached hydrogens (tertiary/aromatic N) is 1. The van der Waals surface area contributed by atoms with Gasteiger partial charge in [0.05, 0.1) is 6.61 Å². The van der Waals surface area contributed by atoms with Gasteiger partial charge in [0.2, 0.25) is 0 Å². The minimum Gasteiger partial charge on any atom is -0.415 e. The van der Waals surface area contributed by atoms with E-state index >= 15 is 0 Å². The zero-order valence-electron chi connectivity index (χ0n) is 10.2. The monoisotopic (exact) mass is 216 g/mol. The lowest BCUT2D eigenvalue weighted by Crippen LogP contribution is -2.42. The lowest BCUT2D eigenvalue weighted by atomic mass is 10.2. The third kappa shape index (κ3) is 4.24. The van der Waals surface area contributed by atoms with E-state index in [1.165, 1.54) is 4.90 Å². The van der Waals surface area contributed by atoms with Gasteiger partial charge in [-0.1, -0.05) is 20.8 Å². The van der Waals surface area contributed by atoms with Gasteiger partial charge in [0, 0.05) is 13.6 Å². The van der Waals surface area contributed by atoms with Gasteiger partial charge in [-0.25, -0.2) is 0 Å². The highest BCUT2D eigenvalue weighted by Gasteiger charge is 2.36. The first-order valence-electron chi connectivity index (χ1n) is 4.93. The second kappa shape index (κ2) is 4.93. The largest absolute Gasteiger partial charge is 0.415 e. The van der Waals surface area contributed by atoms with Crippen LogP contribution in [0.25, 0.3) is 0 Å². The zero-order chi connectivity index (χ0) is 11.4. The Bertz CT molecular complexity index is 187. The summed E-state index contributed by atoms with van der Waals surface area (Å²) < 4.78 is 5.88. The number of amides is 1. The number of likely N-dealkylation sites (N-methyl/N-ethyl adjacent to an activating group) is 1. The van der Waals surface area contributed by atoms with Crippen molar-refractivity contribution in [2.75, 3.05) is 20.2 Å². The molecule has 83 valence electrons. The Labute approximate surface area is 88.6 Å². The Balaban J connectivity index is 3.95. The minimum absolute atomic E-state index is 0.233. The molecule has 0 spiro atoms. The van der Waals surface area contributed by atoms with Crippen LogP contribution in [0.3, 0.4) is 0 Å². The molecule has 0 atom stereocenters. The summed E-state index contributed by atoms with van der Waals surface area (Å²) in [4.78, 5) is 11.7. The highest BCUT2D eigenvalue weighted by molar-refractivity contribution is 6.74. The van der Waals surface area contributed by atoms with Gasteiger partial charge in [0.15, 0.2) is 8.32 Å². The van der Waals surface area contributed by atoms with E-state index in [0.29, 0.717) is 13.2 Å². The van der Waals surface area contributed by atoms with Crippen LogP contribution in [-0.2, 0) is 9.22 Å². The van der Waals surface area contributed by atoms with Crippen molar-refractivity contribution in [1.82, 2.24) is 4.90 Å². The van der Waals surface area contributed by atoms with Crippen LogP contribution >= 0.6 is 0 Å². The second-order valence-corrected chi connectivity index (χ2v) is 9.93. The Kier molecular flexibility index (Phi) is 4.81. The molecule has 0 saturated heterocycles. The molecule has 4 heteroatoms. The second-order valence-electron chi connectivity index (χ2n) is 5.12. The Hall–Kier alpha value is -0.353. The smallest absolute Gasteiger partial charge is 0.311 e. The first-order valence-corrected chi connectivity index (χ1v) is 7.84. The molecule has 0 N–H and O–H groups in total. The molecule has 0 aromatic carbocycles. The number of hydrogen-bond acceptors (Lipinski definition) is 2. The molecule has 0 aromatic heterocycles. The minimum atomic E-state index is -1.64. The van der Waals surface area contributed by atoms with Crippen molar-refractivity contribution in [3.05, 3.63) is 0 Å². The molecule has 1 radical (unpaired) electrons. The van der Waals surface area contributed by atoms with Crippen molar-refractivity contribution in [3.63, 3.8) is 0 Å². The topological polar surface area (TPSA) is 29.5 Å². The molecule has 0 aromatic rings. The third-order valence-electron chi connectivity index (χ3n) is 2.85. The maximum atomic E-state index is 10.2. The van der Waals surface area contributed by atoms with E-state index in [1.807, 2.05) is 6.41 Å². The van der Waals surface area contributed by atoms with E-state index in [4.69, 9.17) is 4.43 Å². The predicted octanol–water partition coefficient (Wildman–Crippen LogP) is 2.01. The van der Waals surface area contributed by atoms with Crippen LogP contribution in [0.5, 0.6) is 0 Å². The van der Waals surface area contributed by atoms with Gasteiger partial charge in [-0.3, -0.25) is 4.79 Å². The summed E-state index contributed by atoms with van der Waals surface area (Å²) in [5, 5.41) is 0.233. The van der Waals surface area contributed by atoms with E-state index in [0.717, 1.165) is 0 Å². The van der Waals surface area contributed by atoms with Gasteiger partial charge < -0.3 is 9.33 Å². The van der Waals surface area contributed by atoms with Gasteiger partial charge in [-0.2, -0.15) is 0 Å². The Morgan fingerprint density at radius 1 is 1.36 bits per heavy atom. The van der Waals surface area contributed by atoms with E-state index in [9.17, 15) is 4.79 Å². The lowest BCUT2D eigenvalue weighted by molar-refractivity contribution is 0.257. The van der Waals surface area contributed by atoms with Gasteiger partial charge in [-0.15, -0.1) is 0 Å². The van der Waals surface area contributed by atoms with Crippen LogP contribution in [0.4, 0.5) is 0 Å². The summed E-state index contributed by atoms with van der Waals surface area (Å²) in [5.74, 6) is 0. The van der Waals surface area contributed by atoms with Crippen molar-refractivity contribution >= 4 is 14.7 Å². The van der Waals surface area contributed by atoms with Crippen molar-refractivity contribution in [2.45, 2.75) is 38.9 Å². The Morgan fingerprint density at radius 2 is 1.86 bits per heavy atom. The van der Waals surface area contributed by atoms with Gasteiger partial charge >= 0.3 is 6.41 Å². The summed E-state index contributed by atoms with van der Waals surface area (Å²) in [6.07, 6.45) is 1.81. The van der Waals surface area contributed by atoms with Crippen LogP contribution in [0.2, 0.25) is 18.1 Å².